The number of thiophene rings is 1. The molecule has 7 heteroatoms. The monoisotopic (exact) mass is 371 g/mol. The van der Waals surface area contributed by atoms with Crippen LogP contribution in [-0.4, -0.2) is 27.7 Å². The maximum absolute atomic E-state index is 12.7. The van der Waals surface area contributed by atoms with Crippen molar-refractivity contribution in [2.24, 2.45) is 0 Å². The van der Waals surface area contributed by atoms with Crippen molar-refractivity contribution >= 4 is 44.9 Å². The number of rotatable bonds is 4. The fourth-order valence-corrected chi connectivity index (χ4v) is 4.71. The number of carbonyl (C=O) groups excluding carboxylic acids is 1. The summed E-state index contributed by atoms with van der Waals surface area (Å²) in [7, 11) is 0. The number of para-hydroxylation sites is 1. The number of hydrogen-bond donors (Lipinski definition) is 1. The number of benzene rings is 1. The fourth-order valence-electron chi connectivity index (χ4n) is 3.24. The third-order valence-electron chi connectivity index (χ3n) is 4.30. The summed E-state index contributed by atoms with van der Waals surface area (Å²) < 4.78 is 0.646. The van der Waals surface area contributed by atoms with Gasteiger partial charge in [0.05, 0.1) is 17.0 Å². The van der Waals surface area contributed by atoms with Gasteiger partial charge in [0, 0.05) is 11.7 Å². The molecule has 0 bridgehead atoms. The summed E-state index contributed by atoms with van der Waals surface area (Å²) in [6, 6.07) is 10.1. The lowest BCUT2D eigenvalue weighted by Crippen LogP contribution is -2.37. The molecular formula is C18H17N3O2S2. The van der Waals surface area contributed by atoms with Gasteiger partial charge >= 0.3 is 0 Å². The maximum Gasteiger partial charge on any atom is 0.268 e. The summed E-state index contributed by atoms with van der Waals surface area (Å²) in [5, 5.41) is 1.86. The number of hydrogen-bond acceptors (Lipinski definition) is 5. The van der Waals surface area contributed by atoms with Gasteiger partial charge in [0.1, 0.15) is 10.5 Å². The normalized spacial score (nSPS) is 16.4. The van der Waals surface area contributed by atoms with Crippen LogP contribution in [0.15, 0.2) is 40.5 Å². The molecule has 2 aromatic heterocycles. The number of nitrogens with one attached hydrogen (secondary N) is 1. The lowest BCUT2D eigenvalue weighted by Gasteiger charge is -2.22. The van der Waals surface area contributed by atoms with Gasteiger partial charge in [-0.15, -0.1) is 23.1 Å². The quantitative estimate of drug-likeness (QED) is 0.765. The molecule has 3 heterocycles. The van der Waals surface area contributed by atoms with Crippen molar-refractivity contribution < 1.29 is 4.79 Å². The molecule has 0 saturated heterocycles. The Bertz CT molecular complexity index is 995. The summed E-state index contributed by atoms with van der Waals surface area (Å²) in [5.41, 5.74) is 2.86. The van der Waals surface area contributed by atoms with Crippen molar-refractivity contribution in [1.82, 2.24) is 9.97 Å². The summed E-state index contributed by atoms with van der Waals surface area (Å²) in [6.45, 7) is 2.08. The smallest absolute Gasteiger partial charge is 0.268 e. The van der Waals surface area contributed by atoms with Crippen molar-refractivity contribution in [3.8, 4) is 0 Å². The van der Waals surface area contributed by atoms with Crippen LogP contribution in [-0.2, 0) is 17.0 Å². The molecule has 0 unspecified atom stereocenters. The molecule has 1 aliphatic rings. The first-order chi connectivity index (χ1) is 12.1. The average Bonchev–Trinajstić information content (AvgIpc) is 3.18. The highest BCUT2D eigenvalue weighted by atomic mass is 32.2. The molecule has 0 saturated carbocycles. The molecule has 5 nitrogen and oxygen atoms in total. The van der Waals surface area contributed by atoms with Gasteiger partial charge in [-0.3, -0.25) is 9.59 Å². The number of amides is 1. The number of thioether (sulfide) groups is 1. The van der Waals surface area contributed by atoms with Gasteiger partial charge in [-0.25, -0.2) is 4.98 Å². The van der Waals surface area contributed by atoms with Gasteiger partial charge in [-0.05, 0) is 36.4 Å². The van der Waals surface area contributed by atoms with E-state index in [1.807, 2.05) is 34.5 Å². The average molecular weight is 371 g/mol. The zero-order valence-corrected chi connectivity index (χ0v) is 15.3. The molecule has 1 atom stereocenters. The molecule has 1 aromatic carbocycles. The van der Waals surface area contributed by atoms with Crippen LogP contribution in [0, 0.1) is 0 Å². The van der Waals surface area contributed by atoms with Crippen LogP contribution < -0.4 is 10.5 Å². The zero-order chi connectivity index (χ0) is 17.4. The molecule has 0 spiro atoms. The van der Waals surface area contributed by atoms with Gasteiger partial charge in [0.2, 0.25) is 5.91 Å². The molecule has 1 aliphatic heterocycles. The van der Waals surface area contributed by atoms with E-state index in [1.165, 1.54) is 28.7 Å². The van der Waals surface area contributed by atoms with Crippen LogP contribution in [0.25, 0.3) is 10.2 Å². The Labute approximate surface area is 153 Å². The van der Waals surface area contributed by atoms with Crippen molar-refractivity contribution in [2.45, 2.75) is 25.1 Å². The van der Waals surface area contributed by atoms with Crippen molar-refractivity contribution in [3.63, 3.8) is 0 Å². The SMILES string of the molecule is C[C@@H]1Cc2ccccc2N1C(=O)CSCc1nc2ccsc2c(=O)[nH]1. The highest BCUT2D eigenvalue weighted by molar-refractivity contribution is 7.99. The number of nitrogens with zero attached hydrogens (tertiary/aromatic N) is 2. The number of aromatic amines is 1. The summed E-state index contributed by atoms with van der Waals surface area (Å²) in [6.07, 6.45) is 0.899. The molecule has 1 amide bonds. The lowest BCUT2D eigenvalue weighted by atomic mass is 10.1. The van der Waals surface area contributed by atoms with E-state index >= 15 is 0 Å². The third kappa shape index (κ3) is 3.09. The van der Waals surface area contributed by atoms with Gasteiger partial charge < -0.3 is 9.88 Å². The van der Waals surface area contributed by atoms with Crippen LogP contribution >= 0.6 is 23.1 Å². The van der Waals surface area contributed by atoms with E-state index in [-0.39, 0.29) is 17.5 Å². The van der Waals surface area contributed by atoms with Gasteiger partial charge in [-0.1, -0.05) is 18.2 Å². The second-order valence-corrected chi connectivity index (χ2v) is 7.99. The van der Waals surface area contributed by atoms with Crippen molar-refractivity contribution in [3.05, 3.63) is 57.5 Å². The van der Waals surface area contributed by atoms with Gasteiger partial charge in [0.15, 0.2) is 0 Å². The Kier molecular flexibility index (Phi) is 4.35. The second kappa shape index (κ2) is 6.65. The Morgan fingerprint density at radius 2 is 2.24 bits per heavy atom. The molecule has 25 heavy (non-hydrogen) atoms. The van der Waals surface area contributed by atoms with E-state index < -0.39 is 0 Å². The number of aromatic nitrogens is 2. The van der Waals surface area contributed by atoms with Crippen LogP contribution in [0.3, 0.4) is 0 Å². The number of fused-ring (bicyclic) bond motifs is 2. The molecule has 4 rings (SSSR count). The van der Waals surface area contributed by atoms with Crippen LogP contribution in [0.5, 0.6) is 0 Å². The maximum atomic E-state index is 12.7. The highest BCUT2D eigenvalue weighted by Crippen LogP contribution is 2.32. The Hall–Kier alpha value is -2.12. The van der Waals surface area contributed by atoms with Crippen LogP contribution in [0.4, 0.5) is 5.69 Å². The third-order valence-corrected chi connectivity index (χ3v) is 6.14. The number of H-pyrrole nitrogens is 1. The van der Waals surface area contributed by atoms with E-state index in [1.54, 1.807) is 0 Å². The van der Waals surface area contributed by atoms with E-state index in [0.717, 1.165) is 17.6 Å². The molecule has 128 valence electrons. The van der Waals surface area contributed by atoms with Crippen LogP contribution in [0.2, 0.25) is 0 Å². The zero-order valence-electron chi connectivity index (χ0n) is 13.7. The summed E-state index contributed by atoms with van der Waals surface area (Å²) >= 11 is 2.87. The summed E-state index contributed by atoms with van der Waals surface area (Å²) in [5.74, 6) is 1.59. The van der Waals surface area contributed by atoms with E-state index in [0.29, 0.717) is 22.0 Å². The predicted octanol–water partition coefficient (Wildman–Crippen LogP) is 3.20. The van der Waals surface area contributed by atoms with Crippen molar-refractivity contribution in [1.29, 1.82) is 0 Å². The first-order valence-corrected chi connectivity index (χ1v) is 10.1. The second-order valence-electron chi connectivity index (χ2n) is 6.09. The van der Waals surface area contributed by atoms with E-state index in [2.05, 4.69) is 23.0 Å². The van der Waals surface area contributed by atoms with Gasteiger partial charge in [0.25, 0.3) is 5.56 Å². The number of anilines is 1. The Balaban J connectivity index is 1.43. The molecule has 1 N–H and O–H groups in total. The first-order valence-electron chi connectivity index (χ1n) is 8.07. The predicted molar refractivity (Wildman–Crippen MR) is 103 cm³/mol. The Morgan fingerprint density at radius 3 is 3.12 bits per heavy atom. The molecule has 0 aliphatic carbocycles. The largest absolute Gasteiger partial charge is 0.309 e. The fraction of sp³-hybridized carbons (Fsp3) is 0.278. The topological polar surface area (TPSA) is 66.1 Å². The van der Waals surface area contributed by atoms with Crippen molar-refractivity contribution in [2.75, 3.05) is 10.7 Å². The first kappa shape index (κ1) is 16.4. The lowest BCUT2D eigenvalue weighted by molar-refractivity contribution is -0.116. The van der Waals surface area contributed by atoms with Gasteiger partial charge in [-0.2, -0.15) is 0 Å². The summed E-state index contributed by atoms with van der Waals surface area (Å²) in [4.78, 5) is 33.8. The number of carbonyl (C=O) groups is 1. The van der Waals surface area contributed by atoms with Crippen LogP contribution in [0.1, 0.15) is 18.3 Å². The highest BCUT2D eigenvalue weighted by Gasteiger charge is 2.30. The molecule has 0 fully saturated rings. The molecule has 3 aromatic rings. The molecule has 0 radical (unpaired) electrons. The van der Waals surface area contributed by atoms with E-state index in [4.69, 9.17) is 0 Å². The minimum Gasteiger partial charge on any atom is -0.309 e. The standard InChI is InChI=1S/C18H17N3O2S2/c1-11-8-12-4-2-3-5-14(12)21(11)16(22)10-24-9-15-19-13-6-7-25-17(13)18(23)20-15/h2-7,11H,8-10H2,1H3,(H,19,20,23)/t11-/m1/s1. The Morgan fingerprint density at radius 1 is 1.40 bits per heavy atom. The minimum absolute atomic E-state index is 0.0985. The minimum atomic E-state index is -0.107. The van der Waals surface area contributed by atoms with E-state index in [9.17, 15) is 9.59 Å². The molecular weight excluding hydrogens is 354 g/mol.